The van der Waals surface area contributed by atoms with Crippen molar-refractivity contribution >= 4 is 17.7 Å². The average molecular weight is 240 g/mol. The number of rotatable bonds is 2. The van der Waals surface area contributed by atoms with Crippen LogP contribution < -0.4 is 16.4 Å². The van der Waals surface area contributed by atoms with Crippen molar-refractivity contribution in [2.75, 3.05) is 19.6 Å². The van der Waals surface area contributed by atoms with E-state index in [1.807, 2.05) is 0 Å². The first-order valence-electron chi connectivity index (χ1n) is 5.60. The average Bonchev–Trinajstić information content (AvgIpc) is 2.18. The smallest absolute Gasteiger partial charge is 0.239 e. The van der Waals surface area contributed by atoms with Crippen LogP contribution in [0.4, 0.5) is 0 Å². The van der Waals surface area contributed by atoms with Crippen molar-refractivity contribution in [3.8, 4) is 0 Å². The maximum atomic E-state index is 11.7. The van der Waals surface area contributed by atoms with E-state index < -0.39 is 23.9 Å². The number of primary amides is 1. The van der Waals surface area contributed by atoms with Crippen molar-refractivity contribution in [2.45, 2.75) is 19.0 Å². The highest BCUT2D eigenvalue weighted by atomic mass is 16.2. The fourth-order valence-electron chi connectivity index (χ4n) is 2.42. The molecule has 3 unspecified atom stereocenters. The molecule has 94 valence electrons. The summed E-state index contributed by atoms with van der Waals surface area (Å²) in [6, 6.07) is -0.996. The van der Waals surface area contributed by atoms with E-state index in [0.717, 1.165) is 0 Å². The molecule has 0 aromatic carbocycles. The second-order valence-corrected chi connectivity index (χ2v) is 4.39. The van der Waals surface area contributed by atoms with Crippen LogP contribution in [0, 0.1) is 5.92 Å². The molecule has 7 nitrogen and oxygen atoms in total. The molecule has 2 rings (SSSR count). The summed E-state index contributed by atoms with van der Waals surface area (Å²) >= 11 is 0. The van der Waals surface area contributed by atoms with Gasteiger partial charge in [-0.3, -0.25) is 14.4 Å². The third-order valence-electron chi connectivity index (χ3n) is 3.35. The van der Waals surface area contributed by atoms with Gasteiger partial charge in [0.25, 0.3) is 0 Å². The van der Waals surface area contributed by atoms with E-state index in [1.54, 1.807) is 0 Å². The van der Waals surface area contributed by atoms with Crippen molar-refractivity contribution in [1.29, 1.82) is 0 Å². The highest BCUT2D eigenvalue weighted by Gasteiger charge is 2.50. The molecule has 2 heterocycles. The highest BCUT2D eigenvalue weighted by molar-refractivity contribution is 5.89. The largest absolute Gasteiger partial charge is 0.369 e. The summed E-state index contributed by atoms with van der Waals surface area (Å²) < 4.78 is 0. The Morgan fingerprint density at radius 1 is 1.41 bits per heavy atom. The predicted molar refractivity (Wildman–Crippen MR) is 58.7 cm³/mol. The number of carbonyl (C=O) groups is 3. The third-order valence-corrected chi connectivity index (χ3v) is 3.35. The number of piperazine rings is 1. The molecule has 0 aliphatic carbocycles. The Morgan fingerprint density at radius 2 is 2.12 bits per heavy atom. The number of nitrogens with two attached hydrogens (primary N) is 1. The molecule has 0 radical (unpaired) electrons. The fourth-order valence-corrected chi connectivity index (χ4v) is 2.42. The van der Waals surface area contributed by atoms with Crippen LogP contribution in [0.1, 0.15) is 6.92 Å². The molecule has 7 heteroatoms. The van der Waals surface area contributed by atoms with Crippen molar-refractivity contribution in [3.05, 3.63) is 0 Å². The van der Waals surface area contributed by atoms with E-state index >= 15 is 0 Å². The molecule has 3 atom stereocenters. The van der Waals surface area contributed by atoms with Gasteiger partial charge in [0, 0.05) is 26.6 Å². The lowest BCUT2D eigenvalue weighted by Crippen LogP contribution is -2.73. The van der Waals surface area contributed by atoms with Gasteiger partial charge in [0.2, 0.25) is 17.7 Å². The number of nitrogens with zero attached hydrogens (tertiary/aromatic N) is 1. The zero-order chi connectivity index (χ0) is 12.6. The first kappa shape index (κ1) is 11.8. The molecule has 0 aromatic rings. The molecule has 0 bridgehead atoms. The first-order chi connectivity index (χ1) is 8.02. The van der Waals surface area contributed by atoms with Gasteiger partial charge in [-0.15, -0.1) is 0 Å². The van der Waals surface area contributed by atoms with Crippen molar-refractivity contribution in [3.63, 3.8) is 0 Å². The van der Waals surface area contributed by atoms with Gasteiger partial charge in [0.15, 0.2) is 0 Å². The monoisotopic (exact) mass is 240 g/mol. The second kappa shape index (κ2) is 4.33. The van der Waals surface area contributed by atoms with Crippen molar-refractivity contribution in [1.82, 2.24) is 15.5 Å². The number of likely N-dealkylation sites (tertiary alicyclic amines) is 1. The molecule has 2 aliphatic heterocycles. The van der Waals surface area contributed by atoms with E-state index in [0.29, 0.717) is 19.6 Å². The van der Waals surface area contributed by atoms with Gasteiger partial charge in [0.05, 0.1) is 12.0 Å². The van der Waals surface area contributed by atoms with Crippen LogP contribution in [0.15, 0.2) is 0 Å². The van der Waals surface area contributed by atoms with Crippen LogP contribution in [0.2, 0.25) is 0 Å². The standard InChI is InChI=1S/C10H16N4O3/c1-5(15)14-4-6(9(11)16)8(14)7-10(17)13-3-2-12-7/h6-8,12H,2-4H2,1H3,(H2,11,16)(H,13,17). The Bertz CT molecular complexity index is 351. The molecule has 4 N–H and O–H groups in total. The number of hydrogen-bond acceptors (Lipinski definition) is 4. The molecule has 17 heavy (non-hydrogen) atoms. The van der Waals surface area contributed by atoms with Crippen molar-refractivity contribution in [2.24, 2.45) is 11.7 Å². The quantitative estimate of drug-likeness (QED) is 0.492. The Balaban J connectivity index is 2.15. The normalized spacial score (nSPS) is 32.6. The first-order valence-corrected chi connectivity index (χ1v) is 5.60. The lowest BCUT2D eigenvalue weighted by atomic mass is 9.81. The summed E-state index contributed by atoms with van der Waals surface area (Å²) in [5.74, 6) is -1.24. The zero-order valence-corrected chi connectivity index (χ0v) is 9.60. The van der Waals surface area contributed by atoms with Crippen LogP contribution in [0.25, 0.3) is 0 Å². The van der Waals surface area contributed by atoms with E-state index in [1.165, 1.54) is 11.8 Å². The van der Waals surface area contributed by atoms with Crippen LogP contribution >= 0.6 is 0 Å². The van der Waals surface area contributed by atoms with E-state index in [-0.39, 0.29) is 11.8 Å². The van der Waals surface area contributed by atoms with E-state index in [9.17, 15) is 14.4 Å². The summed E-state index contributed by atoms with van der Waals surface area (Å²) in [6.07, 6.45) is 0. The molecule has 2 fully saturated rings. The van der Waals surface area contributed by atoms with Gasteiger partial charge < -0.3 is 21.3 Å². The highest BCUT2D eigenvalue weighted by Crippen LogP contribution is 2.28. The summed E-state index contributed by atoms with van der Waals surface area (Å²) in [6.45, 7) is 2.92. The van der Waals surface area contributed by atoms with Crippen LogP contribution in [0.5, 0.6) is 0 Å². The third kappa shape index (κ3) is 1.97. The van der Waals surface area contributed by atoms with E-state index in [4.69, 9.17) is 5.73 Å². The number of amides is 3. The molecular weight excluding hydrogens is 224 g/mol. The maximum absolute atomic E-state index is 11.7. The molecule has 0 saturated carbocycles. The lowest BCUT2D eigenvalue weighted by Gasteiger charge is -2.50. The SMILES string of the molecule is CC(=O)N1CC(C(N)=O)C1C1NCCNC1=O. The minimum Gasteiger partial charge on any atom is -0.369 e. The number of carbonyl (C=O) groups excluding carboxylic acids is 3. The summed E-state index contributed by atoms with van der Waals surface area (Å²) in [7, 11) is 0. The summed E-state index contributed by atoms with van der Waals surface area (Å²) in [5.41, 5.74) is 5.27. The van der Waals surface area contributed by atoms with Crippen LogP contribution in [0.3, 0.4) is 0 Å². The van der Waals surface area contributed by atoms with Gasteiger partial charge in [-0.05, 0) is 0 Å². The van der Waals surface area contributed by atoms with Gasteiger partial charge in [-0.1, -0.05) is 0 Å². The maximum Gasteiger partial charge on any atom is 0.239 e. The minimum absolute atomic E-state index is 0.146. The molecule has 2 aliphatic rings. The van der Waals surface area contributed by atoms with Crippen molar-refractivity contribution < 1.29 is 14.4 Å². The van der Waals surface area contributed by atoms with Gasteiger partial charge in [-0.2, -0.15) is 0 Å². The Hall–Kier alpha value is -1.63. The Kier molecular flexibility index (Phi) is 3.01. The topological polar surface area (TPSA) is 105 Å². The fraction of sp³-hybridized carbons (Fsp3) is 0.700. The molecule has 0 aromatic heterocycles. The number of nitrogens with one attached hydrogen (secondary N) is 2. The zero-order valence-electron chi connectivity index (χ0n) is 9.60. The van der Waals surface area contributed by atoms with Crippen LogP contribution in [-0.4, -0.2) is 54.3 Å². The van der Waals surface area contributed by atoms with E-state index in [2.05, 4.69) is 10.6 Å². The van der Waals surface area contributed by atoms with Gasteiger partial charge in [-0.25, -0.2) is 0 Å². The summed E-state index contributed by atoms with van der Waals surface area (Å²) in [5, 5.41) is 5.74. The molecule has 2 saturated heterocycles. The minimum atomic E-state index is -0.543. The molecular formula is C10H16N4O3. The van der Waals surface area contributed by atoms with Gasteiger partial charge in [0.1, 0.15) is 6.04 Å². The molecule has 3 amide bonds. The lowest BCUT2D eigenvalue weighted by molar-refractivity contribution is -0.152. The molecule has 0 spiro atoms. The Morgan fingerprint density at radius 3 is 2.65 bits per heavy atom. The van der Waals surface area contributed by atoms with Gasteiger partial charge >= 0.3 is 0 Å². The second-order valence-electron chi connectivity index (χ2n) is 4.39. The van der Waals surface area contributed by atoms with Crippen LogP contribution in [-0.2, 0) is 14.4 Å². The Labute approximate surface area is 98.7 Å². The number of hydrogen-bond donors (Lipinski definition) is 3. The predicted octanol–water partition coefficient (Wildman–Crippen LogP) is -2.59. The summed E-state index contributed by atoms with van der Waals surface area (Å²) in [4.78, 5) is 35.8.